The van der Waals surface area contributed by atoms with Gasteiger partial charge in [0.1, 0.15) is 5.69 Å². The van der Waals surface area contributed by atoms with Gasteiger partial charge in [-0.15, -0.1) is 0 Å². The van der Waals surface area contributed by atoms with Crippen LogP contribution in [-0.2, 0) is 7.05 Å². The lowest BCUT2D eigenvalue weighted by Crippen LogP contribution is -2.34. The number of aliphatic hydroxyl groups is 1. The Bertz CT molecular complexity index is 760. The summed E-state index contributed by atoms with van der Waals surface area (Å²) in [4.78, 5) is 23.8. The number of nitrogens with one attached hydrogen (secondary N) is 1. The number of Topliss-reactive ketones (excluding diaryl/α,β-unsaturated/α-hetero) is 1. The summed E-state index contributed by atoms with van der Waals surface area (Å²) in [7, 11) is 1.74. The number of amides is 1. The Morgan fingerprint density at radius 1 is 1.29 bits per heavy atom. The molecular formula is C19H22N2O3. The third-order valence-corrected chi connectivity index (χ3v) is 4.83. The summed E-state index contributed by atoms with van der Waals surface area (Å²) >= 11 is 0. The van der Waals surface area contributed by atoms with Crippen molar-refractivity contribution in [1.82, 2.24) is 9.88 Å². The molecule has 0 saturated heterocycles. The van der Waals surface area contributed by atoms with Gasteiger partial charge in [0, 0.05) is 30.8 Å². The fraction of sp³-hybridized carbons (Fsp3) is 0.368. The van der Waals surface area contributed by atoms with Gasteiger partial charge in [0.25, 0.3) is 5.91 Å². The second-order valence-corrected chi connectivity index (χ2v) is 6.64. The highest BCUT2D eigenvalue weighted by Gasteiger charge is 2.49. The lowest BCUT2D eigenvalue weighted by molar-refractivity contribution is 0.0803. The molecule has 0 aliphatic heterocycles. The highest BCUT2D eigenvalue weighted by molar-refractivity contribution is 5.99. The molecule has 1 aromatic carbocycles. The van der Waals surface area contributed by atoms with E-state index in [9.17, 15) is 14.7 Å². The third kappa shape index (κ3) is 3.12. The molecule has 3 rings (SSSR count). The zero-order valence-electron chi connectivity index (χ0n) is 14.0. The zero-order chi connectivity index (χ0) is 17.3. The Labute approximate surface area is 141 Å². The van der Waals surface area contributed by atoms with Crippen molar-refractivity contribution in [1.29, 1.82) is 0 Å². The number of aliphatic hydroxyl groups excluding tert-OH is 1. The van der Waals surface area contributed by atoms with Crippen molar-refractivity contribution in [2.75, 3.05) is 6.54 Å². The van der Waals surface area contributed by atoms with Crippen molar-refractivity contribution in [3.8, 4) is 0 Å². The second kappa shape index (κ2) is 6.24. The number of benzene rings is 1. The molecule has 2 aromatic rings. The molecule has 1 fully saturated rings. The van der Waals surface area contributed by atoms with Crippen molar-refractivity contribution in [2.45, 2.75) is 25.9 Å². The molecule has 0 bridgehead atoms. The van der Waals surface area contributed by atoms with E-state index in [4.69, 9.17) is 0 Å². The van der Waals surface area contributed by atoms with Gasteiger partial charge in [0.05, 0.1) is 6.10 Å². The lowest BCUT2D eigenvalue weighted by atomic mass is 9.92. The maximum Gasteiger partial charge on any atom is 0.267 e. The number of carbonyl (C=O) groups is 2. The van der Waals surface area contributed by atoms with Crippen molar-refractivity contribution < 1.29 is 14.7 Å². The van der Waals surface area contributed by atoms with Gasteiger partial charge in [-0.2, -0.15) is 0 Å². The van der Waals surface area contributed by atoms with Gasteiger partial charge in [-0.1, -0.05) is 30.3 Å². The topological polar surface area (TPSA) is 71.3 Å². The molecule has 1 atom stereocenters. The van der Waals surface area contributed by atoms with Crippen LogP contribution in [0.25, 0.3) is 0 Å². The molecule has 1 aromatic heterocycles. The van der Waals surface area contributed by atoms with Gasteiger partial charge >= 0.3 is 0 Å². The molecule has 0 spiro atoms. The van der Waals surface area contributed by atoms with Crippen LogP contribution in [0.1, 0.15) is 52.3 Å². The molecule has 0 unspecified atom stereocenters. The summed E-state index contributed by atoms with van der Waals surface area (Å²) in [5.41, 5.74) is 1.56. The number of rotatable bonds is 6. The number of nitrogens with zero attached hydrogens (tertiary/aromatic N) is 1. The molecule has 1 heterocycles. The standard InChI is InChI=1S/C19H22N2O3/c1-13(22)15-10-16(21(2)11-15)18(24)20-12-19(8-9-19)17(23)14-6-4-3-5-7-14/h3-7,10-11,17,23H,8-9,12H2,1-2H3,(H,20,24)/t17-/m0/s1. The van der Waals surface area contributed by atoms with Gasteiger partial charge in [0.2, 0.25) is 0 Å². The van der Waals surface area contributed by atoms with Crippen LogP contribution in [0, 0.1) is 5.41 Å². The SMILES string of the molecule is CC(=O)c1cc(C(=O)NCC2([C@@H](O)c3ccccc3)CC2)n(C)c1. The summed E-state index contributed by atoms with van der Waals surface area (Å²) in [5, 5.41) is 13.5. The Hall–Kier alpha value is -2.40. The molecule has 2 N–H and O–H groups in total. The molecule has 5 nitrogen and oxygen atoms in total. The number of ketones is 1. The molecule has 24 heavy (non-hydrogen) atoms. The normalized spacial score (nSPS) is 16.5. The number of hydrogen-bond donors (Lipinski definition) is 2. The minimum atomic E-state index is -0.583. The quantitative estimate of drug-likeness (QED) is 0.801. The van der Waals surface area contributed by atoms with Crippen LogP contribution in [0.4, 0.5) is 0 Å². The van der Waals surface area contributed by atoms with Crippen molar-refractivity contribution in [3.63, 3.8) is 0 Å². The molecular weight excluding hydrogens is 304 g/mol. The lowest BCUT2D eigenvalue weighted by Gasteiger charge is -2.23. The number of aromatic nitrogens is 1. The van der Waals surface area contributed by atoms with Crippen molar-refractivity contribution in [2.24, 2.45) is 12.5 Å². The Balaban J connectivity index is 1.67. The van der Waals surface area contributed by atoms with E-state index in [0.29, 0.717) is 17.8 Å². The maximum atomic E-state index is 12.4. The van der Waals surface area contributed by atoms with E-state index in [2.05, 4.69) is 5.32 Å². The van der Waals surface area contributed by atoms with Gasteiger partial charge < -0.3 is 15.0 Å². The van der Waals surface area contributed by atoms with Crippen LogP contribution in [0.15, 0.2) is 42.6 Å². The van der Waals surface area contributed by atoms with Crippen LogP contribution < -0.4 is 5.32 Å². The minimum absolute atomic E-state index is 0.0668. The van der Waals surface area contributed by atoms with Crippen LogP contribution in [0.2, 0.25) is 0 Å². The number of hydrogen-bond acceptors (Lipinski definition) is 3. The smallest absolute Gasteiger partial charge is 0.267 e. The fourth-order valence-electron chi connectivity index (χ4n) is 3.03. The molecule has 1 amide bonds. The Morgan fingerprint density at radius 3 is 2.50 bits per heavy atom. The van der Waals surface area contributed by atoms with Crippen LogP contribution >= 0.6 is 0 Å². The number of carbonyl (C=O) groups excluding carboxylic acids is 2. The van der Waals surface area contributed by atoms with Gasteiger partial charge in [-0.25, -0.2) is 0 Å². The molecule has 1 aliphatic rings. The largest absolute Gasteiger partial charge is 0.388 e. The molecule has 126 valence electrons. The highest BCUT2D eigenvalue weighted by Crippen LogP contribution is 2.54. The summed E-state index contributed by atoms with van der Waals surface area (Å²) < 4.78 is 1.65. The summed E-state index contributed by atoms with van der Waals surface area (Å²) in [6.07, 6.45) is 2.84. The summed E-state index contributed by atoms with van der Waals surface area (Å²) in [5.74, 6) is -0.292. The average Bonchev–Trinajstić information content (AvgIpc) is 3.27. The first-order valence-corrected chi connectivity index (χ1v) is 8.11. The first-order valence-electron chi connectivity index (χ1n) is 8.11. The Kier molecular flexibility index (Phi) is 4.28. The molecule has 0 radical (unpaired) electrons. The van der Waals surface area contributed by atoms with Crippen molar-refractivity contribution in [3.05, 3.63) is 59.4 Å². The maximum absolute atomic E-state index is 12.4. The Morgan fingerprint density at radius 2 is 1.96 bits per heavy atom. The average molecular weight is 326 g/mol. The van der Waals surface area contributed by atoms with E-state index < -0.39 is 6.10 Å². The molecule has 1 saturated carbocycles. The van der Waals surface area contributed by atoms with Crippen LogP contribution in [0.3, 0.4) is 0 Å². The highest BCUT2D eigenvalue weighted by atomic mass is 16.3. The number of aryl methyl sites for hydroxylation is 1. The zero-order valence-corrected chi connectivity index (χ0v) is 14.0. The summed E-state index contributed by atoms with van der Waals surface area (Å²) in [6.45, 7) is 1.90. The molecule has 1 aliphatic carbocycles. The van der Waals surface area contributed by atoms with E-state index in [1.165, 1.54) is 6.92 Å². The van der Waals surface area contributed by atoms with E-state index in [1.54, 1.807) is 23.9 Å². The van der Waals surface area contributed by atoms with Gasteiger partial charge in [0.15, 0.2) is 5.78 Å². The monoisotopic (exact) mass is 326 g/mol. The third-order valence-electron chi connectivity index (χ3n) is 4.83. The van der Waals surface area contributed by atoms with E-state index >= 15 is 0 Å². The van der Waals surface area contributed by atoms with E-state index in [1.807, 2.05) is 30.3 Å². The van der Waals surface area contributed by atoms with Crippen molar-refractivity contribution >= 4 is 11.7 Å². The second-order valence-electron chi connectivity index (χ2n) is 6.64. The van der Waals surface area contributed by atoms with E-state index in [0.717, 1.165) is 18.4 Å². The summed E-state index contributed by atoms with van der Waals surface area (Å²) in [6, 6.07) is 11.1. The van der Waals surface area contributed by atoms with E-state index in [-0.39, 0.29) is 17.1 Å². The van der Waals surface area contributed by atoms with Crippen LogP contribution in [0.5, 0.6) is 0 Å². The first kappa shape index (κ1) is 16.5. The van der Waals surface area contributed by atoms with Crippen LogP contribution in [-0.4, -0.2) is 27.9 Å². The fourth-order valence-corrected chi connectivity index (χ4v) is 3.03. The minimum Gasteiger partial charge on any atom is -0.388 e. The predicted octanol–water partition coefficient (Wildman–Crippen LogP) is 2.47. The van der Waals surface area contributed by atoms with Gasteiger partial charge in [-0.05, 0) is 31.4 Å². The van der Waals surface area contributed by atoms with Gasteiger partial charge in [-0.3, -0.25) is 9.59 Å². The first-order chi connectivity index (χ1) is 11.4. The molecule has 5 heteroatoms. The predicted molar refractivity (Wildman–Crippen MR) is 90.8 cm³/mol.